The van der Waals surface area contributed by atoms with Gasteiger partial charge in [-0.05, 0) is 35.9 Å². The van der Waals surface area contributed by atoms with Gasteiger partial charge in [0.25, 0.3) is 0 Å². The molecule has 0 atom stereocenters. The van der Waals surface area contributed by atoms with Crippen molar-refractivity contribution < 1.29 is 14.3 Å². The average molecular weight is 300 g/mol. The maximum Gasteiger partial charge on any atom is 0.371 e. The van der Waals surface area contributed by atoms with Crippen molar-refractivity contribution in [3.8, 4) is 0 Å². The molecule has 3 N–H and O–H groups in total. The van der Waals surface area contributed by atoms with Gasteiger partial charge in [0.05, 0.1) is 0 Å². The molecule has 0 aliphatic carbocycles. The second-order valence-electron chi connectivity index (χ2n) is 4.50. The van der Waals surface area contributed by atoms with Crippen LogP contribution in [-0.4, -0.2) is 16.1 Å². The summed E-state index contributed by atoms with van der Waals surface area (Å²) in [6, 6.07) is 10.9. The van der Waals surface area contributed by atoms with Crippen LogP contribution in [0.3, 0.4) is 0 Å². The predicted octanol–water partition coefficient (Wildman–Crippen LogP) is 3.40. The van der Waals surface area contributed by atoms with Gasteiger partial charge in [-0.25, -0.2) is 9.78 Å². The lowest BCUT2D eigenvalue weighted by molar-refractivity contribution is 0.0665. The Morgan fingerprint density at radius 3 is 2.86 bits per heavy atom. The second kappa shape index (κ2) is 5.49. The molecule has 3 rings (SSSR count). The summed E-state index contributed by atoms with van der Waals surface area (Å²) < 4.78 is 5.23. The number of rotatable bonds is 4. The molecule has 2 heterocycles. The molecule has 0 radical (unpaired) electrons. The molecule has 0 saturated heterocycles. The zero-order valence-electron chi connectivity index (χ0n) is 10.9. The number of furan rings is 1. The summed E-state index contributed by atoms with van der Waals surface area (Å²) in [6.45, 7) is 0. The molecule has 0 spiro atoms. The average Bonchev–Trinajstić information content (AvgIpc) is 2.90. The number of nitrogen functional groups attached to an aromatic ring is 1. The van der Waals surface area contributed by atoms with Crippen LogP contribution in [-0.2, 0) is 5.75 Å². The summed E-state index contributed by atoms with van der Waals surface area (Å²) in [5, 5.41) is 9.71. The van der Waals surface area contributed by atoms with Crippen LogP contribution in [0.4, 0.5) is 5.82 Å². The number of aromatic nitrogens is 1. The molecule has 0 aliphatic rings. The van der Waals surface area contributed by atoms with Crippen LogP contribution in [0.2, 0.25) is 0 Å². The first kappa shape index (κ1) is 13.5. The van der Waals surface area contributed by atoms with Gasteiger partial charge in [-0.15, -0.1) is 11.8 Å². The third-order valence-corrected chi connectivity index (χ3v) is 4.01. The van der Waals surface area contributed by atoms with E-state index in [2.05, 4.69) is 4.98 Å². The molecule has 1 aromatic carbocycles. The Hall–Kier alpha value is -2.47. The van der Waals surface area contributed by atoms with Gasteiger partial charge in [0.2, 0.25) is 5.76 Å². The van der Waals surface area contributed by atoms with Crippen LogP contribution in [0, 0.1) is 0 Å². The van der Waals surface area contributed by atoms with Gasteiger partial charge in [0.15, 0.2) is 0 Å². The highest BCUT2D eigenvalue weighted by Crippen LogP contribution is 2.26. The number of anilines is 1. The highest BCUT2D eigenvalue weighted by molar-refractivity contribution is 7.98. The molecule has 0 aliphatic heterocycles. The number of thioether (sulfide) groups is 1. The van der Waals surface area contributed by atoms with Crippen LogP contribution in [0.5, 0.6) is 0 Å². The fourth-order valence-corrected chi connectivity index (χ4v) is 2.74. The lowest BCUT2D eigenvalue weighted by Crippen LogP contribution is -1.91. The summed E-state index contributed by atoms with van der Waals surface area (Å²) in [7, 11) is 0. The van der Waals surface area contributed by atoms with Gasteiger partial charge in [-0.3, -0.25) is 0 Å². The van der Waals surface area contributed by atoms with Gasteiger partial charge < -0.3 is 15.3 Å². The quantitative estimate of drug-likeness (QED) is 0.718. The lowest BCUT2D eigenvalue weighted by atomic mass is 10.2. The van der Waals surface area contributed by atoms with Gasteiger partial charge in [0, 0.05) is 22.2 Å². The van der Waals surface area contributed by atoms with E-state index in [1.54, 1.807) is 30.1 Å². The molecule has 0 bridgehead atoms. The largest absolute Gasteiger partial charge is 0.475 e. The Morgan fingerprint density at radius 1 is 1.29 bits per heavy atom. The number of carboxylic acids is 1. The number of nitrogens with zero attached hydrogens (tertiary/aromatic N) is 1. The van der Waals surface area contributed by atoms with E-state index in [0.717, 1.165) is 21.6 Å². The Bertz CT molecular complexity index is 796. The molecule has 6 heteroatoms. The Morgan fingerprint density at radius 2 is 2.14 bits per heavy atom. The van der Waals surface area contributed by atoms with Crippen LogP contribution in [0.1, 0.15) is 16.1 Å². The van der Waals surface area contributed by atoms with Crippen molar-refractivity contribution >= 4 is 34.5 Å². The second-order valence-corrected chi connectivity index (χ2v) is 5.54. The molecule has 2 aromatic heterocycles. The first-order chi connectivity index (χ1) is 10.1. The topological polar surface area (TPSA) is 89.3 Å². The number of benzene rings is 1. The minimum Gasteiger partial charge on any atom is -0.475 e. The van der Waals surface area contributed by atoms with Gasteiger partial charge >= 0.3 is 5.97 Å². The fourth-order valence-electron chi connectivity index (χ4n) is 1.93. The minimum absolute atomic E-state index is 0.0439. The maximum absolute atomic E-state index is 10.9. The Labute approximate surface area is 124 Å². The molecular weight excluding hydrogens is 288 g/mol. The number of carbonyl (C=O) groups is 1. The SMILES string of the molecule is Nc1ccc(SCc2ccc3oc(C(=O)O)cc3c2)cn1. The molecule has 0 saturated carbocycles. The summed E-state index contributed by atoms with van der Waals surface area (Å²) in [5.74, 6) is 0.155. The van der Waals surface area contributed by atoms with E-state index < -0.39 is 5.97 Å². The van der Waals surface area contributed by atoms with Crippen molar-refractivity contribution in [2.75, 3.05) is 5.73 Å². The molecule has 5 nitrogen and oxygen atoms in total. The highest BCUT2D eigenvalue weighted by atomic mass is 32.2. The van der Waals surface area contributed by atoms with Crippen molar-refractivity contribution in [3.63, 3.8) is 0 Å². The Balaban J connectivity index is 1.77. The van der Waals surface area contributed by atoms with Crippen molar-refractivity contribution in [1.82, 2.24) is 4.98 Å². The van der Waals surface area contributed by atoms with Crippen molar-refractivity contribution in [2.45, 2.75) is 10.6 Å². The number of nitrogens with two attached hydrogens (primary N) is 1. The van der Waals surface area contributed by atoms with Crippen LogP contribution >= 0.6 is 11.8 Å². The smallest absolute Gasteiger partial charge is 0.371 e. The van der Waals surface area contributed by atoms with E-state index in [9.17, 15) is 4.79 Å². The third-order valence-electron chi connectivity index (χ3n) is 2.96. The maximum atomic E-state index is 10.9. The molecule has 21 heavy (non-hydrogen) atoms. The normalized spacial score (nSPS) is 10.9. The number of pyridine rings is 1. The zero-order valence-corrected chi connectivity index (χ0v) is 11.8. The third kappa shape index (κ3) is 3.00. The van der Waals surface area contributed by atoms with Crippen molar-refractivity contribution in [1.29, 1.82) is 0 Å². The number of aromatic carboxylic acids is 1. The predicted molar refractivity (Wildman–Crippen MR) is 81.4 cm³/mol. The lowest BCUT2D eigenvalue weighted by Gasteiger charge is -2.02. The summed E-state index contributed by atoms with van der Waals surface area (Å²) in [6.07, 6.45) is 1.74. The first-order valence-electron chi connectivity index (χ1n) is 6.22. The summed E-state index contributed by atoms with van der Waals surface area (Å²) in [5.41, 5.74) is 7.21. The number of carboxylic acid groups (broad SMARTS) is 1. The molecule has 106 valence electrons. The van der Waals surface area contributed by atoms with Crippen molar-refractivity contribution in [2.24, 2.45) is 0 Å². The summed E-state index contributed by atoms with van der Waals surface area (Å²) >= 11 is 1.64. The zero-order chi connectivity index (χ0) is 14.8. The monoisotopic (exact) mass is 300 g/mol. The van der Waals surface area contributed by atoms with Crippen LogP contribution < -0.4 is 5.73 Å². The van der Waals surface area contributed by atoms with Crippen LogP contribution in [0.25, 0.3) is 11.0 Å². The molecule has 0 unspecified atom stereocenters. The van der Waals surface area contributed by atoms with E-state index in [0.29, 0.717) is 11.4 Å². The Kier molecular flexibility index (Phi) is 3.53. The van der Waals surface area contributed by atoms with Crippen LogP contribution in [0.15, 0.2) is 51.9 Å². The van der Waals surface area contributed by atoms with Gasteiger partial charge in [0.1, 0.15) is 11.4 Å². The molecule has 0 amide bonds. The summed E-state index contributed by atoms with van der Waals surface area (Å²) in [4.78, 5) is 15.9. The number of hydrogen-bond donors (Lipinski definition) is 2. The van der Waals surface area contributed by atoms with E-state index in [-0.39, 0.29) is 5.76 Å². The van der Waals surface area contributed by atoms with Gasteiger partial charge in [-0.2, -0.15) is 0 Å². The fraction of sp³-hybridized carbons (Fsp3) is 0.0667. The minimum atomic E-state index is -1.06. The first-order valence-corrected chi connectivity index (χ1v) is 7.20. The van der Waals surface area contributed by atoms with Gasteiger partial charge in [-0.1, -0.05) is 6.07 Å². The molecule has 0 fully saturated rings. The molecule has 3 aromatic rings. The van der Waals surface area contributed by atoms with E-state index in [1.165, 1.54) is 6.07 Å². The number of fused-ring (bicyclic) bond motifs is 1. The van der Waals surface area contributed by atoms with E-state index in [4.69, 9.17) is 15.3 Å². The number of hydrogen-bond acceptors (Lipinski definition) is 5. The van der Waals surface area contributed by atoms with E-state index >= 15 is 0 Å². The molecular formula is C15H12N2O3S. The van der Waals surface area contributed by atoms with Crippen molar-refractivity contribution in [3.05, 3.63) is 53.9 Å². The van der Waals surface area contributed by atoms with E-state index in [1.807, 2.05) is 18.2 Å². The highest BCUT2D eigenvalue weighted by Gasteiger charge is 2.10. The standard InChI is InChI=1S/C15H12N2O3S/c16-14-4-2-11(7-17-14)21-8-9-1-3-12-10(5-9)6-13(20-12)15(18)19/h1-7H,8H2,(H2,16,17)(H,18,19).